The molecular weight excluding hydrogens is 278 g/mol. The molecule has 5 heteroatoms. The van der Waals surface area contributed by atoms with E-state index in [1.165, 1.54) is 7.11 Å². The van der Waals surface area contributed by atoms with Crippen molar-refractivity contribution in [1.82, 2.24) is 4.98 Å². The molecule has 1 N–H and O–H groups in total. The fraction of sp³-hybridized carbons (Fsp3) is 0.400. The minimum absolute atomic E-state index is 0.00403. The van der Waals surface area contributed by atoms with Crippen LogP contribution in [0.4, 0.5) is 0 Å². The summed E-state index contributed by atoms with van der Waals surface area (Å²) in [7, 11) is 3.10. The Hall–Kier alpha value is -1.68. The van der Waals surface area contributed by atoms with Crippen LogP contribution in [-0.2, 0) is 12.8 Å². The lowest BCUT2D eigenvalue weighted by Gasteiger charge is -2.18. The average molecular weight is 294 g/mol. The van der Waals surface area contributed by atoms with Gasteiger partial charge in [0, 0.05) is 17.3 Å². The highest BCUT2D eigenvalue weighted by atomic mass is 35.5. The van der Waals surface area contributed by atoms with Crippen molar-refractivity contribution >= 4 is 22.5 Å². The van der Waals surface area contributed by atoms with Gasteiger partial charge < -0.3 is 14.5 Å². The lowest BCUT2D eigenvalue weighted by atomic mass is 9.94. The molecule has 1 aliphatic carbocycles. The van der Waals surface area contributed by atoms with E-state index >= 15 is 0 Å². The minimum Gasteiger partial charge on any atom is -0.495 e. The number of aryl methyl sites for hydroxylation is 1. The third kappa shape index (κ3) is 1.86. The molecule has 1 aromatic carbocycles. The fourth-order valence-corrected chi connectivity index (χ4v) is 3.17. The minimum atomic E-state index is -0.00403. The van der Waals surface area contributed by atoms with Gasteiger partial charge in [-0.3, -0.25) is 4.79 Å². The SMILES string of the molecule is COc1cc(OC)c2[nH]c3c(c(=O)c2c1Cl)CCCC3. The number of aromatic amines is 1. The van der Waals surface area contributed by atoms with Gasteiger partial charge in [-0.25, -0.2) is 0 Å². The first-order valence-electron chi connectivity index (χ1n) is 6.65. The molecular formula is C15H16ClNO3. The number of methoxy groups -OCH3 is 2. The van der Waals surface area contributed by atoms with E-state index in [-0.39, 0.29) is 5.43 Å². The predicted molar refractivity (Wildman–Crippen MR) is 79.3 cm³/mol. The van der Waals surface area contributed by atoms with E-state index in [4.69, 9.17) is 21.1 Å². The van der Waals surface area contributed by atoms with E-state index in [2.05, 4.69) is 4.98 Å². The van der Waals surface area contributed by atoms with Gasteiger partial charge in [0.05, 0.1) is 30.1 Å². The van der Waals surface area contributed by atoms with Crippen LogP contribution in [0, 0.1) is 0 Å². The molecule has 0 radical (unpaired) electrons. The normalized spacial score (nSPS) is 14.2. The zero-order valence-electron chi connectivity index (χ0n) is 11.5. The first-order chi connectivity index (χ1) is 9.67. The highest BCUT2D eigenvalue weighted by Crippen LogP contribution is 2.37. The Morgan fingerprint density at radius 3 is 2.55 bits per heavy atom. The van der Waals surface area contributed by atoms with Gasteiger partial charge in [0.25, 0.3) is 0 Å². The first kappa shape index (κ1) is 13.3. The van der Waals surface area contributed by atoms with E-state index in [1.807, 2.05) is 0 Å². The molecule has 0 saturated carbocycles. The number of aromatic nitrogens is 1. The number of ether oxygens (including phenoxy) is 2. The van der Waals surface area contributed by atoms with Crippen LogP contribution in [-0.4, -0.2) is 19.2 Å². The third-order valence-corrected chi connectivity index (χ3v) is 4.25. The lowest BCUT2D eigenvalue weighted by molar-refractivity contribution is 0.397. The van der Waals surface area contributed by atoms with Gasteiger partial charge in [-0.05, 0) is 25.7 Å². The Labute approximate surface area is 121 Å². The molecule has 4 nitrogen and oxygen atoms in total. The van der Waals surface area contributed by atoms with Crippen molar-refractivity contribution in [3.05, 3.63) is 32.6 Å². The summed E-state index contributed by atoms with van der Waals surface area (Å²) in [5.41, 5.74) is 2.51. The van der Waals surface area contributed by atoms with Gasteiger partial charge in [0.1, 0.15) is 11.5 Å². The van der Waals surface area contributed by atoms with Gasteiger partial charge in [0.2, 0.25) is 0 Å². The van der Waals surface area contributed by atoms with E-state index in [0.29, 0.717) is 27.4 Å². The summed E-state index contributed by atoms with van der Waals surface area (Å²) >= 11 is 6.32. The number of H-pyrrole nitrogens is 1. The number of pyridine rings is 1. The molecule has 0 amide bonds. The summed E-state index contributed by atoms with van der Waals surface area (Å²) in [4.78, 5) is 16.0. The van der Waals surface area contributed by atoms with Crippen LogP contribution < -0.4 is 14.9 Å². The molecule has 0 atom stereocenters. The third-order valence-electron chi connectivity index (χ3n) is 3.88. The van der Waals surface area contributed by atoms with Crippen molar-refractivity contribution in [2.75, 3.05) is 14.2 Å². The molecule has 3 rings (SSSR count). The Balaban J connectivity index is 2.45. The summed E-state index contributed by atoms with van der Waals surface area (Å²) in [6.07, 6.45) is 3.84. The highest BCUT2D eigenvalue weighted by molar-refractivity contribution is 6.37. The molecule has 106 valence electrons. The largest absolute Gasteiger partial charge is 0.495 e. The van der Waals surface area contributed by atoms with E-state index < -0.39 is 0 Å². The molecule has 0 saturated heterocycles. The van der Waals surface area contributed by atoms with Crippen LogP contribution in [0.5, 0.6) is 11.5 Å². The predicted octanol–water partition coefficient (Wildman–Crippen LogP) is 3.08. The molecule has 0 fully saturated rings. The summed E-state index contributed by atoms with van der Waals surface area (Å²) in [5.74, 6) is 1.03. The van der Waals surface area contributed by atoms with Crippen molar-refractivity contribution in [3.63, 3.8) is 0 Å². The zero-order chi connectivity index (χ0) is 14.3. The second-order valence-corrected chi connectivity index (χ2v) is 5.34. The number of hydrogen-bond acceptors (Lipinski definition) is 3. The molecule has 2 aromatic rings. The van der Waals surface area contributed by atoms with Crippen LogP contribution >= 0.6 is 11.6 Å². The molecule has 0 spiro atoms. The van der Waals surface area contributed by atoms with Crippen molar-refractivity contribution in [2.24, 2.45) is 0 Å². The zero-order valence-corrected chi connectivity index (χ0v) is 12.3. The van der Waals surface area contributed by atoms with Crippen LogP contribution in [0.2, 0.25) is 5.02 Å². The maximum absolute atomic E-state index is 12.7. The van der Waals surface area contributed by atoms with Gasteiger partial charge in [-0.15, -0.1) is 0 Å². The maximum Gasteiger partial charge on any atom is 0.194 e. The fourth-order valence-electron chi connectivity index (χ4n) is 2.85. The first-order valence-corrected chi connectivity index (χ1v) is 7.03. The Bertz CT molecular complexity index is 736. The molecule has 0 unspecified atom stereocenters. The van der Waals surface area contributed by atoms with E-state index in [1.54, 1.807) is 13.2 Å². The molecule has 1 heterocycles. The lowest BCUT2D eigenvalue weighted by Crippen LogP contribution is -2.19. The summed E-state index contributed by atoms with van der Waals surface area (Å²) in [6.45, 7) is 0. The number of hydrogen-bond donors (Lipinski definition) is 1. The van der Waals surface area contributed by atoms with Crippen LogP contribution in [0.3, 0.4) is 0 Å². The monoisotopic (exact) mass is 293 g/mol. The van der Waals surface area contributed by atoms with Crippen molar-refractivity contribution in [2.45, 2.75) is 25.7 Å². The molecule has 0 aliphatic heterocycles. The van der Waals surface area contributed by atoms with Crippen molar-refractivity contribution < 1.29 is 9.47 Å². The summed E-state index contributed by atoms with van der Waals surface area (Å²) in [6, 6.07) is 1.70. The average Bonchev–Trinajstić information content (AvgIpc) is 2.48. The standard InChI is InChI=1S/C15H16ClNO3/c1-19-10-7-11(20-2)14-12(13(10)16)15(18)8-5-3-4-6-9(8)17-14/h7H,3-6H2,1-2H3,(H,17,18). The quantitative estimate of drug-likeness (QED) is 0.926. The second kappa shape index (κ2) is 5.02. The summed E-state index contributed by atoms with van der Waals surface area (Å²) < 4.78 is 10.6. The second-order valence-electron chi connectivity index (χ2n) is 4.96. The maximum atomic E-state index is 12.7. The Morgan fingerprint density at radius 2 is 1.85 bits per heavy atom. The van der Waals surface area contributed by atoms with Crippen LogP contribution in [0.15, 0.2) is 10.9 Å². The highest BCUT2D eigenvalue weighted by Gasteiger charge is 2.21. The smallest absolute Gasteiger partial charge is 0.194 e. The van der Waals surface area contributed by atoms with Crippen molar-refractivity contribution in [3.8, 4) is 11.5 Å². The number of benzene rings is 1. The van der Waals surface area contributed by atoms with Crippen LogP contribution in [0.25, 0.3) is 10.9 Å². The Morgan fingerprint density at radius 1 is 1.15 bits per heavy atom. The van der Waals surface area contributed by atoms with Crippen LogP contribution in [0.1, 0.15) is 24.1 Å². The van der Waals surface area contributed by atoms with Gasteiger partial charge in [-0.1, -0.05) is 11.6 Å². The molecule has 20 heavy (non-hydrogen) atoms. The Kier molecular flexibility index (Phi) is 3.34. The van der Waals surface area contributed by atoms with E-state index in [9.17, 15) is 4.79 Å². The number of fused-ring (bicyclic) bond motifs is 2. The number of rotatable bonds is 2. The summed E-state index contributed by atoms with van der Waals surface area (Å²) in [5, 5.41) is 0.807. The number of halogens is 1. The topological polar surface area (TPSA) is 51.3 Å². The van der Waals surface area contributed by atoms with Gasteiger partial charge >= 0.3 is 0 Å². The molecule has 1 aromatic heterocycles. The van der Waals surface area contributed by atoms with Gasteiger partial charge in [0.15, 0.2) is 5.43 Å². The van der Waals surface area contributed by atoms with Crippen molar-refractivity contribution in [1.29, 1.82) is 0 Å². The number of nitrogens with one attached hydrogen (secondary N) is 1. The molecule has 1 aliphatic rings. The molecule has 0 bridgehead atoms. The van der Waals surface area contributed by atoms with Gasteiger partial charge in [-0.2, -0.15) is 0 Å². The van der Waals surface area contributed by atoms with E-state index in [0.717, 1.165) is 36.9 Å².